The van der Waals surface area contributed by atoms with Crippen molar-refractivity contribution in [1.82, 2.24) is 0 Å². The van der Waals surface area contributed by atoms with Crippen LogP contribution in [0, 0.1) is 13.8 Å². The number of amides is 1. The summed E-state index contributed by atoms with van der Waals surface area (Å²) in [5, 5.41) is 2.78. The first kappa shape index (κ1) is 22.4. The first-order valence-electron chi connectivity index (χ1n) is 10.0. The monoisotopic (exact) mass is 438 g/mol. The third kappa shape index (κ3) is 6.08. The molecule has 162 valence electrons. The Balaban J connectivity index is 1.67. The van der Waals surface area contributed by atoms with Crippen molar-refractivity contribution in [3.8, 4) is 5.75 Å². The van der Waals surface area contributed by atoms with E-state index in [2.05, 4.69) is 10.0 Å². The summed E-state index contributed by atoms with van der Waals surface area (Å²) in [6.45, 7) is 5.71. The molecular weight excluding hydrogens is 412 g/mol. The molecule has 6 nitrogen and oxygen atoms in total. The molecule has 0 aliphatic rings. The van der Waals surface area contributed by atoms with Crippen LogP contribution in [0.25, 0.3) is 0 Å². The zero-order chi connectivity index (χ0) is 22.4. The molecule has 1 amide bonds. The summed E-state index contributed by atoms with van der Waals surface area (Å²) in [4.78, 5) is 12.7. The van der Waals surface area contributed by atoms with Gasteiger partial charge in [-0.2, -0.15) is 0 Å². The molecule has 2 N–H and O–H groups in total. The Bertz CT molecular complexity index is 1160. The maximum absolute atomic E-state index is 12.6. The Kier molecular flexibility index (Phi) is 6.97. The Morgan fingerprint density at radius 2 is 1.55 bits per heavy atom. The van der Waals surface area contributed by atoms with Gasteiger partial charge in [-0.15, -0.1) is 0 Å². The number of nitrogens with one attached hydrogen (secondary N) is 2. The predicted octanol–water partition coefficient (Wildman–Crippen LogP) is 4.90. The van der Waals surface area contributed by atoms with Crippen LogP contribution in [-0.2, 0) is 14.8 Å². The number of anilines is 2. The molecule has 0 aliphatic carbocycles. The molecule has 31 heavy (non-hydrogen) atoms. The minimum absolute atomic E-state index is 0.107. The summed E-state index contributed by atoms with van der Waals surface area (Å²) in [7, 11) is -3.73. The SMILES string of the molecule is CC[C@H](Oc1cccc(C)c1)C(=O)Nc1ccc(S(=O)(=O)Nc2cccc(C)c2)cc1. The van der Waals surface area contributed by atoms with Crippen LogP contribution in [0.4, 0.5) is 11.4 Å². The molecule has 1 atom stereocenters. The van der Waals surface area contributed by atoms with Crippen molar-refractivity contribution in [1.29, 1.82) is 0 Å². The molecule has 0 aliphatic heterocycles. The van der Waals surface area contributed by atoms with Gasteiger partial charge in [-0.1, -0.05) is 31.2 Å². The van der Waals surface area contributed by atoms with Crippen molar-refractivity contribution in [2.24, 2.45) is 0 Å². The van der Waals surface area contributed by atoms with Crippen LogP contribution in [0.2, 0.25) is 0 Å². The Morgan fingerprint density at radius 3 is 2.16 bits per heavy atom. The largest absolute Gasteiger partial charge is 0.481 e. The van der Waals surface area contributed by atoms with Gasteiger partial charge in [0.2, 0.25) is 0 Å². The van der Waals surface area contributed by atoms with Crippen molar-refractivity contribution in [2.75, 3.05) is 10.0 Å². The first-order chi connectivity index (χ1) is 14.8. The maximum Gasteiger partial charge on any atom is 0.265 e. The third-order valence-corrected chi connectivity index (χ3v) is 6.03. The summed E-state index contributed by atoms with van der Waals surface area (Å²) in [5.74, 6) is 0.336. The summed E-state index contributed by atoms with van der Waals surface area (Å²) >= 11 is 0. The van der Waals surface area contributed by atoms with E-state index in [-0.39, 0.29) is 10.8 Å². The summed E-state index contributed by atoms with van der Waals surface area (Å²) in [6.07, 6.45) is -0.166. The van der Waals surface area contributed by atoms with E-state index in [1.54, 1.807) is 30.3 Å². The van der Waals surface area contributed by atoms with Crippen LogP contribution >= 0.6 is 0 Å². The minimum atomic E-state index is -3.73. The second kappa shape index (κ2) is 9.66. The van der Waals surface area contributed by atoms with Crippen LogP contribution < -0.4 is 14.8 Å². The fourth-order valence-electron chi connectivity index (χ4n) is 3.04. The molecule has 3 aromatic carbocycles. The van der Waals surface area contributed by atoms with Crippen LogP contribution in [0.5, 0.6) is 5.75 Å². The maximum atomic E-state index is 12.6. The van der Waals surface area contributed by atoms with Gasteiger partial charge in [0, 0.05) is 11.4 Å². The highest BCUT2D eigenvalue weighted by molar-refractivity contribution is 7.92. The number of ether oxygens (including phenoxy) is 1. The summed E-state index contributed by atoms with van der Waals surface area (Å²) in [5.41, 5.74) is 2.99. The number of carbonyl (C=O) groups excluding carboxylic acids is 1. The van der Waals surface area contributed by atoms with Gasteiger partial charge in [0.05, 0.1) is 4.90 Å². The van der Waals surface area contributed by atoms with Gasteiger partial charge >= 0.3 is 0 Å². The van der Waals surface area contributed by atoms with Crippen molar-refractivity contribution >= 4 is 27.3 Å². The highest BCUT2D eigenvalue weighted by Crippen LogP contribution is 2.20. The second-order valence-electron chi connectivity index (χ2n) is 7.32. The molecule has 3 rings (SSSR count). The molecule has 0 spiro atoms. The standard InChI is InChI=1S/C24H26N2O4S/c1-4-23(30-21-10-6-8-18(3)16-21)24(27)25-19-11-13-22(14-12-19)31(28,29)26-20-9-5-7-17(2)15-20/h5-16,23,26H,4H2,1-3H3,(H,25,27)/t23-/m0/s1. The van der Waals surface area contributed by atoms with E-state index in [1.165, 1.54) is 12.1 Å². The van der Waals surface area contributed by atoms with Crippen LogP contribution in [0.3, 0.4) is 0 Å². The number of benzene rings is 3. The lowest BCUT2D eigenvalue weighted by molar-refractivity contribution is -0.122. The Hall–Kier alpha value is -3.32. The van der Waals surface area contributed by atoms with Gasteiger partial charge < -0.3 is 10.1 Å². The van der Waals surface area contributed by atoms with E-state index in [0.29, 0.717) is 23.5 Å². The number of carbonyl (C=O) groups is 1. The molecule has 0 radical (unpaired) electrons. The van der Waals surface area contributed by atoms with Gasteiger partial charge in [0.25, 0.3) is 15.9 Å². The number of hydrogen-bond acceptors (Lipinski definition) is 4. The van der Waals surface area contributed by atoms with Crippen molar-refractivity contribution in [3.63, 3.8) is 0 Å². The molecule has 0 aromatic heterocycles. The topological polar surface area (TPSA) is 84.5 Å². The normalized spacial score (nSPS) is 12.1. The smallest absolute Gasteiger partial charge is 0.265 e. The quantitative estimate of drug-likeness (QED) is 0.524. The average molecular weight is 439 g/mol. The molecular formula is C24H26N2O4S. The zero-order valence-corrected chi connectivity index (χ0v) is 18.6. The fraction of sp³-hybridized carbons (Fsp3) is 0.208. The number of aryl methyl sites for hydroxylation is 2. The minimum Gasteiger partial charge on any atom is -0.481 e. The van der Waals surface area contributed by atoms with Gasteiger partial charge in [-0.05, 0) is 79.9 Å². The van der Waals surface area contributed by atoms with E-state index in [1.807, 2.05) is 51.1 Å². The summed E-state index contributed by atoms with van der Waals surface area (Å²) in [6, 6.07) is 20.7. The zero-order valence-electron chi connectivity index (χ0n) is 17.8. The molecule has 0 unspecified atom stereocenters. The van der Waals surface area contributed by atoms with Gasteiger partial charge in [0.15, 0.2) is 6.10 Å². The second-order valence-corrected chi connectivity index (χ2v) is 9.00. The lowest BCUT2D eigenvalue weighted by atomic mass is 10.2. The molecule has 0 bridgehead atoms. The van der Waals surface area contributed by atoms with Crippen molar-refractivity contribution in [2.45, 2.75) is 38.2 Å². The number of sulfonamides is 1. The van der Waals surface area contributed by atoms with E-state index < -0.39 is 16.1 Å². The molecule has 0 saturated carbocycles. The molecule has 0 heterocycles. The van der Waals surface area contributed by atoms with E-state index in [9.17, 15) is 13.2 Å². The molecule has 3 aromatic rings. The van der Waals surface area contributed by atoms with Crippen molar-refractivity contribution < 1.29 is 17.9 Å². The van der Waals surface area contributed by atoms with E-state index >= 15 is 0 Å². The lowest BCUT2D eigenvalue weighted by Crippen LogP contribution is -2.32. The molecule has 7 heteroatoms. The first-order valence-corrected chi connectivity index (χ1v) is 11.5. The third-order valence-electron chi connectivity index (χ3n) is 4.63. The highest BCUT2D eigenvalue weighted by Gasteiger charge is 2.19. The Morgan fingerprint density at radius 1 is 0.903 bits per heavy atom. The highest BCUT2D eigenvalue weighted by atomic mass is 32.2. The number of hydrogen-bond donors (Lipinski definition) is 2. The summed E-state index contributed by atoms with van der Waals surface area (Å²) < 4.78 is 33.6. The van der Waals surface area contributed by atoms with Crippen molar-refractivity contribution in [3.05, 3.63) is 83.9 Å². The molecule has 0 saturated heterocycles. The molecule has 0 fully saturated rings. The fourth-order valence-corrected chi connectivity index (χ4v) is 4.09. The van der Waals surface area contributed by atoms with Crippen LogP contribution in [0.1, 0.15) is 24.5 Å². The number of rotatable bonds is 8. The van der Waals surface area contributed by atoms with Crippen LogP contribution in [-0.4, -0.2) is 20.4 Å². The van der Waals surface area contributed by atoms with Crippen LogP contribution in [0.15, 0.2) is 77.7 Å². The average Bonchev–Trinajstić information content (AvgIpc) is 2.72. The van der Waals surface area contributed by atoms with E-state index in [4.69, 9.17) is 4.74 Å². The Labute approximate surface area is 183 Å². The van der Waals surface area contributed by atoms with Gasteiger partial charge in [-0.25, -0.2) is 8.42 Å². The van der Waals surface area contributed by atoms with Gasteiger partial charge in [-0.3, -0.25) is 9.52 Å². The van der Waals surface area contributed by atoms with Gasteiger partial charge in [0.1, 0.15) is 5.75 Å². The lowest BCUT2D eigenvalue weighted by Gasteiger charge is -2.18. The van der Waals surface area contributed by atoms with E-state index in [0.717, 1.165) is 11.1 Å². The predicted molar refractivity (Wildman–Crippen MR) is 123 cm³/mol.